The highest BCUT2D eigenvalue weighted by molar-refractivity contribution is 8.03. The quantitative estimate of drug-likeness (QED) is 0.469. The van der Waals surface area contributed by atoms with Crippen molar-refractivity contribution in [3.05, 3.63) is 10.6 Å². The van der Waals surface area contributed by atoms with Crippen molar-refractivity contribution in [3.8, 4) is 0 Å². The summed E-state index contributed by atoms with van der Waals surface area (Å²) in [5.74, 6) is -1.73. The van der Waals surface area contributed by atoms with E-state index in [0.717, 1.165) is 0 Å². The van der Waals surface area contributed by atoms with Crippen LogP contribution in [0.3, 0.4) is 0 Å². The van der Waals surface area contributed by atoms with E-state index in [2.05, 4.69) is 5.32 Å². The number of carbonyl (C=O) groups excluding carboxylic acids is 2. The lowest BCUT2D eigenvalue weighted by Gasteiger charge is -2.45. The van der Waals surface area contributed by atoms with E-state index in [1.165, 1.54) is 23.6 Å². The molecule has 0 spiro atoms. The van der Waals surface area contributed by atoms with E-state index < -0.39 is 5.97 Å². The second kappa shape index (κ2) is 6.07. The third-order valence-electron chi connectivity index (χ3n) is 3.86. The summed E-state index contributed by atoms with van der Waals surface area (Å²) in [7, 11) is 0. The van der Waals surface area contributed by atoms with Crippen LogP contribution in [0, 0.1) is 11.8 Å². The lowest BCUT2D eigenvalue weighted by Crippen LogP contribution is -2.60. The van der Waals surface area contributed by atoms with Gasteiger partial charge in [0, 0.05) is 24.4 Å². The first-order valence-electron chi connectivity index (χ1n) is 6.68. The topological polar surface area (TPSA) is 107 Å². The Bertz CT molecular complexity index is 519. The van der Waals surface area contributed by atoms with E-state index in [9.17, 15) is 19.5 Å². The highest BCUT2D eigenvalue weighted by Gasteiger charge is 2.58. The molecule has 0 saturated carbocycles. The maximum Gasteiger partial charge on any atom is 0.353 e. The van der Waals surface area contributed by atoms with Crippen molar-refractivity contribution in [1.29, 1.82) is 0 Å². The Morgan fingerprint density at radius 3 is 2.62 bits per heavy atom. The van der Waals surface area contributed by atoms with Gasteiger partial charge < -0.3 is 20.4 Å². The number of hydrogen-bond donors (Lipinski definition) is 3. The zero-order valence-corrected chi connectivity index (χ0v) is 12.6. The number of thioether (sulfide) groups is 1. The van der Waals surface area contributed by atoms with Crippen LogP contribution in [-0.4, -0.2) is 51.4 Å². The Hall–Kier alpha value is -1.54. The van der Waals surface area contributed by atoms with Gasteiger partial charge in [0.05, 0.1) is 17.8 Å². The molecule has 21 heavy (non-hydrogen) atoms. The Kier molecular flexibility index (Phi) is 4.58. The second-order valence-corrected chi connectivity index (χ2v) is 6.16. The fourth-order valence-electron chi connectivity index (χ4n) is 2.95. The smallest absolute Gasteiger partial charge is 0.353 e. The summed E-state index contributed by atoms with van der Waals surface area (Å²) in [5.41, 5.74) is 0.0158. The summed E-state index contributed by atoms with van der Waals surface area (Å²) in [4.78, 5) is 36.3. The fraction of sp³-hybridized carbons (Fsp3) is 0.615. The van der Waals surface area contributed by atoms with Crippen LogP contribution in [0.5, 0.6) is 0 Å². The molecule has 2 aliphatic heterocycles. The summed E-state index contributed by atoms with van der Waals surface area (Å²) < 4.78 is 0. The maximum absolute atomic E-state index is 12.1. The molecular weight excluding hydrogens is 296 g/mol. The monoisotopic (exact) mass is 314 g/mol. The highest BCUT2D eigenvalue weighted by Crippen LogP contribution is 2.50. The molecule has 0 aliphatic carbocycles. The minimum Gasteiger partial charge on any atom is -0.477 e. The molecule has 2 rings (SSSR count). The first-order chi connectivity index (χ1) is 9.90. The third kappa shape index (κ3) is 2.65. The van der Waals surface area contributed by atoms with Crippen LogP contribution in [0.1, 0.15) is 20.3 Å². The van der Waals surface area contributed by atoms with Gasteiger partial charge in [-0.25, -0.2) is 4.79 Å². The number of carbonyl (C=O) groups is 3. The van der Waals surface area contributed by atoms with E-state index in [-0.39, 0.29) is 47.9 Å². The maximum atomic E-state index is 12.1. The number of aliphatic carboxylic acids is 1. The SMILES string of the molecule is CC(=O)NCSC1=C(C(=O)O)N2C(=O)[C@@H](CCO)[C@H]2[C@H]1C. The molecule has 1 saturated heterocycles. The van der Waals surface area contributed by atoms with Crippen molar-refractivity contribution in [2.45, 2.75) is 26.3 Å². The number of fused-ring (bicyclic) bond motifs is 1. The van der Waals surface area contributed by atoms with Crippen molar-refractivity contribution in [2.24, 2.45) is 11.8 Å². The molecule has 0 aromatic rings. The normalized spacial score (nSPS) is 27.5. The largest absolute Gasteiger partial charge is 0.477 e. The molecule has 2 heterocycles. The van der Waals surface area contributed by atoms with Crippen LogP contribution in [0.4, 0.5) is 0 Å². The lowest BCUT2D eigenvalue weighted by molar-refractivity contribution is -0.157. The lowest BCUT2D eigenvalue weighted by atomic mass is 9.80. The van der Waals surface area contributed by atoms with Gasteiger partial charge in [-0.15, -0.1) is 11.8 Å². The minimum atomic E-state index is -1.13. The Balaban J connectivity index is 2.19. The van der Waals surface area contributed by atoms with Crippen LogP contribution in [-0.2, 0) is 14.4 Å². The molecule has 8 heteroatoms. The highest BCUT2D eigenvalue weighted by atomic mass is 32.2. The molecule has 3 atom stereocenters. The third-order valence-corrected chi connectivity index (χ3v) is 5.02. The molecule has 7 nitrogen and oxygen atoms in total. The van der Waals surface area contributed by atoms with Crippen LogP contribution >= 0.6 is 11.8 Å². The van der Waals surface area contributed by atoms with E-state index in [4.69, 9.17) is 5.11 Å². The number of amides is 2. The number of nitrogens with zero attached hydrogens (tertiary/aromatic N) is 1. The van der Waals surface area contributed by atoms with Gasteiger partial charge in [0.1, 0.15) is 5.70 Å². The van der Waals surface area contributed by atoms with Gasteiger partial charge in [0.25, 0.3) is 0 Å². The molecule has 2 aliphatic rings. The molecule has 0 aromatic heterocycles. The summed E-state index contributed by atoms with van der Waals surface area (Å²) in [6, 6.07) is -0.199. The number of β-lactam (4-membered cyclic amide) rings is 1. The van der Waals surface area contributed by atoms with E-state index in [1.807, 2.05) is 6.92 Å². The van der Waals surface area contributed by atoms with Crippen LogP contribution < -0.4 is 5.32 Å². The number of aliphatic hydroxyl groups excluding tert-OH is 1. The summed E-state index contributed by atoms with van der Waals surface area (Å²) in [6.07, 6.45) is 0.348. The Morgan fingerprint density at radius 2 is 2.10 bits per heavy atom. The van der Waals surface area contributed by atoms with Crippen LogP contribution in [0.2, 0.25) is 0 Å². The average molecular weight is 314 g/mol. The molecule has 0 aromatic carbocycles. The van der Waals surface area contributed by atoms with Gasteiger partial charge >= 0.3 is 5.97 Å². The number of carboxylic acids is 1. The predicted molar refractivity (Wildman–Crippen MR) is 75.9 cm³/mol. The van der Waals surface area contributed by atoms with Crippen molar-refractivity contribution in [3.63, 3.8) is 0 Å². The zero-order chi connectivity index (χ0) is 15.7. The molecule has 1 fully saturated rings. The number of nitrogens with one attached hydrogen (secondary N) is 1. The first kappa shape index (κ1) is 15.8. The van der Waals surface area contributed by atoms with Gasteiger partial charge in [-0.2, -0.15) is 0 Å². The zero-order valence-electron chi connectivity index (χ0n) is 11.8. The van der Waals surface area contributed by atoms with Gasteiger partial charge in [-0.05, 0) is 6.42 Å². The first-order valence-corrected chi connectivity index (χ1v) is 7.67. The second-order valence-electron chi connectivity index (χ2n) is 5.15. The van der Waals surface area contributed by atoms with Gasteiger partial charge in [0.15, 0.2) is 0 Å². The summed E-state index contributed by atoms with van der Waals surface area (Å²) in [5, 5.41) is 21.0. The summed E-state index contributed by atoms with van der Waals surface area (Å²) in [6.45, 7) is 3.17. The van der Waals surface area contributed by atoms with Gasteiger partial charge in [0.2, 0.25) is 11.8 Å². The molecule has 0 bridgehead atoms. The van der Waals surface area contributed by atoms with Gasteiger partial charge in [-0.1, -0.05) is 6.92 Å². The van der Waals surface area contributed by atoms with Crippen molar-refractivity contribution in [2.75, 3.05) is 12.5 Å². The number of hydrogen-bond acceptors (Lipinski definition) is 5. The summed E-state index contributed by atoms with van der Waals surface area (Å²) >= 11 is 1.24. The minimum absolute atomic E-state index is 0.0158. The molecular formula is C13H18N2O5S. The fourth-order valence-corrected chi connectivity index (χ4v) is 4.10. The Morgan fingerprint density at radius 1 is 1.43 bits per heavy atom. The average Bonchev–Trinajstić information content (AvgIpc) is 2.66. The van der Waals surface area contributed by atoms with Crippen molar-refractivity contribution in [1.82, 2.24) is 10.2 Å². The van der Waals surface area contributed by atoms with E-state index in [1.54, 1.807) is 0 Å². The number of rotatable bonds is 6. The van der Waals surface area contributed by atoms with Crippen molar-refractivity contribution < 1.29 is 24.6 Å². The molecule has 116 valence electrons. The molecule has 0 unspecified atom stereocenters. The van der Waals surface area contributed by atoms with Crippen molar-refractivity contribution >= 4 is 29.5 Å². The Labute approximate surface area is 126 Å². The van der Waals surface area contributed by atoms with E-state index in [0.29, 0.717) is 11.3 Å². The standard InChI is InChI=1S/C13H18N2O5S/c1-6-9-8(3-4-16)12(18)15(9)10(13(19)20)11(6)21-5-14-7(2)17/h6,8-9,16H,3-5H2,1-2H3,(H,14,17)(H,19,20)/t6-,8+,9-/m1/s1. The molecule has 0 radical (unpaired) electrons. The molecule has 3 N–H and O–H groups in total. The van der Waals surface area contributed by atoms with Crippen LogP contribution in [0.25, 0.3) is 0 Å². The predicted octanol–water partition coefficient (Wildman–Crippen LogP) is -0.0315. The van der Waals surface area contributed by atoms with Gasteiger partial charge in [-0.3, -0.25) is 9.59 Å². The molecule has 2 amide bonds. The van der Waals surface area contributed by atoms with Crippen LogP contribution in [0.15, 0.2) is 10.6 Å². The van der Waals surface area contributed by atoms with E-state index >= 15 is 0 Å². The number of aliphatic hydroxyl groups is 1. The number of carboxylic acid groups (broad SMARTS) is 1.